The van der Waals surface area contributed by atoms with Crippen molar-refractivity contribution in [1.29, 1.82) is 0 Å². The van der Waals surface area contributed by atoms with Crippen LogP contribution in [0.3, 0.4) is 0 Å². The Morgan fingerprint density at radius 2 is 1.83 bits per heavy atom. The van der Waals surface area contributed by atoms with Gasteiger partial charge in [-0.1, -0.05) is 19.1 Å². The lowest BCUT2D eigenvalue weighted by molar-refractivity contribution is 0.246. The summed E-state index contributed by atoms with van der Waals surface area (Å²) in [5.41, 5.74) is 1.13. The summed E-state index contributed by atoms with van der Waals surface area (Å²) >= 11 is 0. The Kier molecular flexibility index (Phi) is 6.87. The maximum absolute atomic E-state index is 12.0. The molecule has 0 bridgehead atoms. The van der Waals surface area contributed by atoms with Crippen LogP contribution in [0.5, 0.6) is 5.75 Å². The van der Waals surface area contributed by atoms with E-state index in [0.717, 1.165) is 24.4 Å². The smallest absolute Gasteiger partial charge is 0.211 e. The zero-order valence-electron chi connectivity index (χ0n) is 14.1. The van der Waals surface area contributed by atoms with E-state index in [1.807, 2.05) is 38.1 Å². The van der Waals surface area contributed by atoms with Crippen LogP contribution in [-0.2, 0) is 10.0 Å². The molecule has 0 aliphatic carbocycles. The average Bonchev–Trinajstić information content (AvgIpc) is 3.03. The van der Waals surface area contributed by atoms with Gasteiger partial charge in [0.1, 0.15) is 5.75 Å². The highest BCUT2D eigenvalue weighted by molar-refractivity contribution is 7.89. The summed E-state index contributed by atoms with van der Waals surface area (Å²) in [5, 5.41) is 0. The first-order valence-corrected chi connectivity index (χ1v) is 10.1. The third-order valence-electron chi connectivity index (χ3n) is 4.13. The molecule has 1 aromatic rings. The number of hydrogen-bond acceptors (Lipinski definition) is 4. The number of hydrogen-bond donors (Lipinski definition) is 1. The Morgan fingerprint density at radius 1 is 1.17 bits per heavy atom. The van der Waals surface area contributed by atoms with Crippen LogP contribution in [0.15, 0.2) is 24.3 Å². The van der Waals surface area contributed by atoms with E-state index in [1.54, 1.807) is 0 Å². The van der Waals surface area contributed by atoms with Gasteiger partial charge in [0, 0.05) is 12.6 Å². The normalized spacial score (nSPS) is 17.3. The minimum Gasteiger partial charge on any atom is -0.494 e. The molecular formula is C17H28N2O3S. The van der Waals surface area contributed by atoms with Gasteiger partial charge in [0.2, 0.25) is 10.0 Å². The molecule has 0 amide bonds. The van der Waals surface area contributed by atoms with Crippen LogP contribution in [-0.4, -0.2) is 45.3 Å². The standard InChI is InChI=1S/C17H28N2O3S/c1-3-13-23(20,21)18-14-17(19-11-5-6-12-19)15-7-9-16(10-8-15)22-4-2/h7-10,17-18H,3-6,11-14H2,1-2H3. The van der Waals surface area contributed by atoms with Gasteiger partial charge in [-0.15, -0.1) is 0 Å². The predicted molar refractivity (Wildman–Crippen MR) is 93.2 cm³/mol. The van der Waals surface area contributed by atoms with E-state index in [-0.39, 0.29) is 11.8 Å². The Balaban J connectivity index is 2.10. The lowest BCUT2D eigenvalue weighted by atomic mass is 10.1. The van der Waals surface area contributed by atoms with Gasteiger partial charge in [0.05, 0.1) is 12.4 Å². The highest BCUT2D eigenvalue weighted by Gasteiger charge is 2.25. The summed E-state index contributed by atoms with van der Waals surface area (Å²) < 4.78 is 32.2. The summed E-state index contributed by atoms with van der Waals surface area (Å²) in [5.74, 6) is 1.03. The number of sulfonamides is 1. The SMILES string of the molecule is CCCS(=O)(=O)NCC(c1ccc(OCC)cc1)N1CCCC1. The molecule has 5 nitrogen and oxygen atoms in total. The topological polar surface area (TPSA) is 58.6 Å². The van der Waals surface area contributed by atoms with Gasteiger partial charge < -0.3 is 4.74 Å². The number of ether oxygens (including phenoxy) is 1. The molecule has 1 heterocycles. The number of nitrogens with zero attached hydrogens (tertiary/aromatic N) is 1. The van der Waals surface area contributed by atoms with E-state index in [1.165, 1.54) is 12.8 Å². The van der Waals surface area contributed by atoms with Crippen molar-refractivity contribution in [1.82, 2.24) is 9.62 Å². The zero-order chi connectivity index (χ0) is 16.7. The van der Waals surface area contributed by atoms with Crippen LogP contribution in [0.1, 0.15) is 44.7 Å². The van der Waals surface area contributed by atoms with Crippen molar-refractivity contribution in [2.24, 2.45) is 0 Å². The predicted octanol–water partition coefficient (Wildman–Crippen LogP) is 2.55. The molecule has 6 heteroatoms. The lowest BCUT2D eigenvalue weighted by Gasteiger charge is -2.28. The van der Waals surface area contributed by atoms with Crippen molar-refractivity contribution in [2.75, 3.05) is 32.0 Å². The monoisotopic (exact) mass is 340 g/mol. The first kappa shape index (κ1) is 18.2. The molecule has 23 heavy (non-hydrogen) atoms. The van der Waals surface area contributed by atoms with Crippen molar-refractivity contribution >= 4 is 10.0 Å². The molecule has 1 saturated heterocycles. The Morgan fingerprint density at radius 3 is 2.39 bits per heavy atom. The van der Waals surface area contributed by atoms with E-state index in [4.69, 9.17) is 4.74 Å². The number of benzene rings is 1. The molecule has 1 fully saturated rings. The zero-order valence-corrected chi connectivity index (χ0v) is 14.9. The fourth-order valence-corrected chi connectivity index (χ4v) is 4.10. The van der Waals surface area contributed by atoms with E-state index in [9.17, 15) is 8.42 Å². The molecule has 0 aromatic heterocycles. The molecule has 1 atom stereocenters. The van der Waals surface area contributed by atoms with Crippen molar-refractivity contribution < 1.29 is 13.2 Å². The van der Waals surface area contributed by atoms with Gasteiger partial charge in [0.15, 0.2) is 0 Å². The second kappa shape index (κ2) is 8.66. The Labute approximate surface area is 140 Å². The molecule has 1 aromatic carbocycles. The highest BCUT2D eigenvalue weighted by Crippen LogP contribution is 2.26. The molecule has 130 valence electrons. The molecule has 0 spiro atoms. The van der Waals surface area contributed by atoms with E-state index in [0.29, 0.717) is 19.6 Å². The van der Waals surface area contributed by atoms with Crippen molar-refractivity contribution in [3.8, 4) is 5.75 Å². The van der Waals surface area contributed by atoms with Gasteiger partial charge in [-0.25, -0.2) is 13.1 Å². The van der Waals surface area contributed by atoms with Gasteiger partial charge in [-0.2, -0.15) is 0 Å². The van der Waals surface area contributed by atoms with Crippen molar-refractivity contribution in [3.05, 3.63) is 29.8 Å². The van der Waals surface area contributed by atoms with Crippen molar-refractivity contribution in [3.63, 3.8) is 0 Å². The summed E-state index contributed by atoms with van der Waals surface area (Å²) in [6.07, 6.45) is 2.98. The first-order chi connectivity index (χ1) is 11.1. The fourth-order valence-electron chi connectivity index (χ4n) is 3.01. The summed E-state index contributed by atoms with van der Waals surface area (Å²) in [6, 6.07) is 8.09. The second-order valence-electron chi connectivity index (χ2n) is 5.93. The second-order valence-corrected chi connectivity index (χ2v) is 7.85. The van der Waals surface area contributed by atoms with Crippen LogP contribution in [0.2, 0.25) is 0 Å². The van der Waals surface area contributed by atoms with Crippen LogP contribution >= 0.6 is 0 Å². The lowest BCUT2D eigenvalue weighted by Crippen LogP contribution is -2.37. The maximum Gasteiger partial charge on any atom is 0.211 e. The number of rotatable bonds is 9. The summed E-state index contributed by atoms with van der Waals surface area (Å²) in [6.45, 7) is 6.95. The Hall–Kier alpha value is -1.11. The summed E-state index contributed by atoms with van der Waals surface area (Å²) in [4.78, 5) is 2.37. The van der Waals surface area contributed by atoms with Gasteiger partial charge in [-0.3, -0.25) is 4.90 Å². The molecule has 0 radical (unpaired) electrons. The van der Waals surface area contributed by atoms with E-state index >= 15 is 0 Å². The van der Waals surface area contributed by atoms with Crippen LogP contribution in [0.25, 0.3) is 0 Å². The fraction of sp³-hybridized carbons (Fsp3) is 0.647. The third kappa shape index (κ3) is 5.48. The molecule has 1 aliphatic rings. The maximum atomic E-state index is 12.0. The van der Waals surface area contributed by atoms with Crippen molar-refractivity contribution in [2.45, 2.75) is 39.2 Å². The van der Waals surface area contributed by atoms with Crippen LogP contribution in [0, 0.1) is 0 Å². The number of likely N-dealkylation sites (tertiary alicyclic amines) is 1. The molecule has 1 aliphatic heterocycles. The first-order valence-electron chi connectivity index (χ1n) is 8.50. The molecule has 2 rings (SSSR count). The largest absolute Gasteiger partial charge is 0.494 e. The quantitative estimate of drug-likeness (QED) is 0.750. The molecular weight excluding hydrogens is 312 g/mol. The highest BCUT2D eigenvalue weighted by atomic mass is 32.2. The van der Waals surface area contributed by atoms with Gasteiger partial charge in [-0.05, 0) is 57.0 Å². The third-order valence-corrected chi connectivity index (χ3v) is 5.68. The molecule has 1 unspecified atom stereocenters. The van der Waals surface area contributed by atoms with E-state index in [2.05, 4.69) is 9.62 Å². The van der Waals surface area contributed by atoms with Crippen LogP contribution in [0.4, 0.5) is 0 Å². The molecule has 0 saturated carbocycles. The molecule has 1 N–H and O–H groups in total. The van der Waals surface area contributed by atoms with Gasteiger partial charge in [0.25, 0.3) is 0 Å². The van der Waals surface area contributed by atoms with Crippen LogP contribution < -0.4 is 9.46 Å². The summed E-state index contributed by atoms with van der Waals surface area (Å²) in [7, 11) is -3.18. The minimum atomic E-state index is -3.18. The van der Waals surface area contributed by atoms with Gasteiger partial charge >= 0.3 is 0 Å². The average molecular weight is 340 g/mol. The minimum absolute atomic E-state index is 0.0832. The Bertz CT molecular complexity index is 566. The number of nitrogens with one attached hydrogen (secondary N) is 1. The van der Waals surface area contributed by atoms with E-state index < -0.39 is 10.0 Å².